The lowest BCUT2D eigenvalue weighted by Crippen LogP contribution is -2.51. The van der Waals surface area contributed by atoms with Crippen LogP contribution in [0.25, 0.3) is 0 Å². The van der Waals surface area contributed by atoms with Crippen LogP contribution in [0.2, 0.25) is 0 Å². The first-order valence-electron chi connectivity index (χ1n) is 27.0. The lowest BCUT2D eigenvalue weighted by Gasteiger charge is -2.58. The van der Waals surface area contributed by atoms with E-state index < -0.39 is 0 Å². The molecule has 9 rings (SSSR count). The van der Waals surface area contributed by atoms with Gasteiger partial charge in [0.15, 0.2) is 0 Å². The maximum absolute atomic E-state index is 6.76. The third-order valence-corrected chi connectivity index (χ3v) is 21.9. The molecule has 0 aromatic carbocycles. The molecule has 8 aliphatic rings. The number of ether oxygens (including phenoxy) is 1. The Kier molecular flexibility index (Phi) is 12.8. The van der Waals surface area contributed by atoms with Gasteiger partial charge in [-0.2, -0.15) is 0 Å². The zero-order valence-electron chi connectivity index (χ0n) is 41.3. The molecule has 0 N–H and O–H groups in total. The maximum atomic E-state index is 6.76. The second-order valence-electron chi connectivity index (χ2n) is 25.8. The van der Waals surface area contributed by atoms with Gasteiger partial charge in [-0.15, -0.1) is 5.10 Å². The van der Waals surface area contributed by atoms with Gasteiger partial charge < -0.3 is 4.74 Å². The van der Waals surface area contributed by atoms with E-state index in [1.165, 1.54) is 128 Å². The first-order chi connectivity index (χ1) is 29.1. The molecule has 6 fully saturated rings. The molecular formula is C57H93N3O. The van der Waals surface area contributed by atoms with Gasteiger partial charge in [0, 0.05) is 0 Å². The van der Waals surface area contributed by atoms with E-state index in [1.807, 2.05) is 0 Å². The zero-order valence-corrected chi connectivity index (χ0v) is 41.3. The SMILES string of the molecule is CC(C)CCC[C@@H](C)[C@H]1CC[C@H]2[C@@H]3CC=C4C[C@@H](OCc5cn([C@H]6CC[C@@]7(C)C(=CC[C@H]8[C@@H]9CC[C@H]([C@H](C)CCCC(C)C)[C@@]9(C)CC[C@@H]87)C6)nn5)CC[C@]4(C)[C@H]3CC[C@]12C. The van der Waals surface area contributed by atoms with Gasteiger partial charge in [0.1, 0.15) is 5.69 Å². The monoisotopic (exact) mass is 836 g/mol. The van der Waals surface area contributed by atoms with Crippen molar-refractivity contribution in [2.45, 2.75) is 229 Å². The highest BCUT2D eigenvalue weighted by atomic mass is 16.5. The number of fused-ring (bicyclic) bond motifs is 10. The van der Waals surface area contributed by atoms with E-state index in [1.54, 1.807) is 11.1 Å². The van der Waals surface area contributed by atoms with Gasteiger partial charge in [0.25, 0.3) is 0 Å². The van der Waals surface area contributed by atoms with Gasteiger partial charge in [-0.3, -0.25) is 0 Å². The van der Waals surface area contributed by atoms with Crippen LogP contribution in [0.4, 0.5) is 0 Å². The molecule has 0 bridgehead atoms. The highest BCUT2D eigenvalue weighted by Gasteiger charge is 2.61. The number of hydrogen-bond acceptors (Lipinski definition) is 3. The van der Waals surface area contributed by atoms with Crippen molar-refractivity contribution in [1.29, 1.82) is 0 Å². The van der Waals surface area contributed by atoms with Crippen LogP contribution >= 0.6 is 0 Å². The summed E-state index contributed by atoms with van der Waals surface area (Å²) in [6.45, 7) is 26.2. The Balaban J connectivity index is 0.777. The second-order valence-corrected chi connectivity index (χ2v) is 25.8. The molecule has 0 radical (unpaired) electrons. The normalized spacial score (nSPS) is 44.0. The summed E-state index contributed by atoms with van der Waals surface area (Å²) in [7, 11) is 0. The minimum atomic E-state index is 0.314. The first-order valence-corrected chi connectivity index (χ1v) is 27.0. The standard InChI is InChI=1S/C57H93N3O/c1-37(2)13-11-15-39(5)48-21-23-50-46-19-17-41-33-44(25-29-54(41,7)52(46)27-31-56(48,50)9)60-35-43(58-59-60)36-61-45-26-30-55(8)42(34-45)18-20-47-51-24-22-49(40(6)16-12-14-38(3)4)57(51,10)32-28-53(47)55/h17-18,35,37-40,44-53H,11-16,19-34,36H2,1-10H3/t39-,40-,44+,45+,46+,47+,48-,49-,50+,51+,52+,53+,54+,55+,56-,57-/m1/s1. The van der Waals surface area contributed by atoms with Gasteiger partial charge in [-0.05, 0) is 195 Å². The third-order valence-electron chi connectivity index (χ3n) is 21.9. The quantitative estimate of drug-likeness (QED) is 0.175. The highest BCUT2D eigenvalue weighted by Crippen LogP contribution is 2.69. The van der Waals surface area contributed by atoms with Crippen molar-refractivity contribution >= 4 is 0 Å². The molecule has 342 valence electrons. The van der Waals surface area contributed by atoms with E-state index >= 15 is 0 Å². The Bertz CT molecular complexity index is 1740. The predicted octanol–water partition coefficient (Wildman–Crippen LogP) is 15.8. The Morgan fingerprint density at radius 1 is 0.607 bits per heavy atom. The summed E-state index contributed by atoms with van der Waals surface area (Å²) >= 11 is 0. The number of nitrogens with zero attached hydrogens (tertiary/aromatic N) is 3. The molecule has 61 heavy (non-hydrogen) atoms. The van der Waals surface area contributed by atoms with Crippen molar-refractivity contribution in [3.8, 4) is 0 Å². The van der Waals surface area contributed by atoms with Crippen LogP contribution in [0.3, 0.4) is 0 Å². The van der Waals surface area contributed by atoms with Crippen molar-refractivity contribution in [2.75, 3.05) is 0 Å². The third kappa shape index (κ3) is 8.06. The molecule has 4 nitrogen and oxygen atoms in total. The lowest BCUT2D eigenvalue weighted by molar-refractivity contribution is -0.0658. The maximum Gasteiger partial charge on any atom is 0.108 e. The fraction of sp³-hybridized carbons (Fsp3) is 0.895. The topological polar surface area (TPSA) is 39.9 Å². The van der Waals surface area contributed by atoms with Crippen LogP contribution in [-0.2, 0) is 11.3 Å². The van der Waals surface area contributed by atoms with Gasteiger partial charge in [0.05, 0.1) is 24.9 Å². The summed E-state index contributed by atoms with van der Waals surface area (Å²) in [5.41, 5.74) is 6.40. The summed E-state index contributed by atoms with van der Waals surface area (Å²) in [6, 6.07) is 0.435. The van der Waals surface area contributed by atoms with E-state index in [4.69, 9.17) is 15.0 Å². The molecule has 1 aromatic rings. The summed E-state index contributed by atoms with van der Waals surface area (Å²) < 4.78 is 9.00. The fourth-order valence-electron chi connectivity index (χ4n) is 18.4. The molecule has 16 atom stereocenters. The Hall–Kier alpha value is -1.42. The van der Waals surface area contributed by atoms with E-state index in [-0.39, 0.29) is 0 Å². The van der Waals surface area contributed by atoms with Crippen LogP contribution in [0.5, 0.6) is 0 Å². The molecular weight excluding hydrogens is 743 g/mol. The van der Waals surface area contributed by atoms with Gasteiger partial charge >= 0.3 is 0 Å². The van der Waals surface area contributed by atoms with E-state index in [0.29, 0.717) is 40.4 Å². The van der Waals surface area contributed by atoms with Crippen molar-refractivity contribution in [3.05, 3.63) is 35.2 Å². The molecule has 1 aromatic heterocycles. The lowest BCUT2D eigenvalue weighted by atomic mass is 9.47. The van der Waals surface area contributed by atoms with Crippen LogP contribution in [0, 0.1) is 92.7 Å². The Morgan fingerprint density at radius 3 is 1.67 bits per heavy atom. The van der Waals surface area contributed by atoms with Crippen molar-refractivity contribution in [1.82, 2.24) is 15.0 Å². The molecule has 8 aliphatic carbocycles. The summed E-state index contributed by atoms with van der Waals surface area (Å²) in [5.74, 6) is 10.7. The average molecular weight is 836 g/mol. The van der Waals surface area contributed by atoms with Crippen molar-refractivity contribution in [3.63, 3.8) is 0 Å². The van der Waals surface area contributed by atoms with E-state index in [2.05, 4.69) is 92.3 Å². The smallest absolute Gasteiger partial charge is 0.108 e. The summed E-state index contributed by atoms with van der Waals surface area (Å²) in [6.07, 6.45) is 38.3. The largest absolute Gasteiger partial charge is 0.371 e. The van der Waals surface area contributed by atoms with Crippen LogP contribution in [-0.4, -0.2) is 21.1 Å². The molecule has 0 saturated heterocycles. The van der Waals surface area contributed by atoms with Gasteiger partial charge in [0.2, 0.25) is 0 Å². The fourth-order valence-corrected chi connectivity index (χ4v) is 18.4. The number of allylic oxidation sites excluding steroid dienone is 3. The summed E-state index contributed by atoms with van der Waals surface area (Å²) in [4.78, 5) is 0. The van der Waals surface area contributed by atoms with Crippen molar-refractivity contribution in [2.24, 2.45) is 92.7 Å². The van der Waals surface area contributed by atoms with Crippen LogP contribution in [0.15, 0.2) is 29.5 Å². The highest BCUT2D eigenvalue weighted by molar-refractivity contribution is 5.27. The predicted molar refractivity (Wildman–Crippen MR) is 254 cm³/mol. The second kappa shape index (κ2) is 17.4. The Labute approximate surface area is 375 Å². The molecule has 1 heterocycles. The van der Waals surface area contributed by atoms with E-state index in [9.17, 15) is 0 Å². The number of hydrogen-bond donors (Lipinski definition) is 0. The molecule has 6 saturated carbocycles. The molecule has 0 aliphatic heterocycles. The first kappa shape index (κ1) is 44.8. The molecule has 4 heteroatoms. The van der Waals surface area contributed by atoms with Gasteiger partial charge in [-0.1, -0.05) is 136 Å². The minimum Gasteiger partial charge on any atom is -0.371 e. The molecule has 0 amide bonds. The van der Waals surface area contributed by atoms with E-state index in [0.717, 1.165) is 89.6 Å². The molecule has 0 unspecified atom stereocenters. The minimum absolute atomic E-state index is 0.314. The Morgan fingerprint density at radius 2 is 1.13 bits per heavy atom. The number of rotatable bonds is 14. The number of aromatic nitrogens is 3. The molecule has 0 spiro atoms. The zero-order chi connectivity index (χ0) is 42.9. The average Bonchev–Trinajstić information content (AvgIpc) is 3.94. The van der Waals surface area contributed by atoms with Crippen molar-refractivity contribution < 1.29 is 4.74 Å². The van der Waals surface area contributed by atoms with Crippen LogP contribution < -0.4 is 0 Å². The van der Waals surface area contributed by atoms with Crippen LogP contribution in [0.1, 0.15) is 222 Å². The van der Waals surface area contributed by atoms with Gasteiger partial charge in [-0.25, -0.2) is 4.68 Å². The summed E-state index contributed by atoms with van der Waals surface area (Å²) in [5, 5.41) is 9.53.